The molecule has 0 aliphatic rings. The van der Waals surface area contributed by atoms with Crippen LogP contribution in [-0.4, -0.2) is 15.0 Å². The fraction of sp³-hybridized carbons (Fsp3) is 0. The van der Waals surface area contributed by atoms with Gasteiger partial charge in [0.05, 0.1) is 18.1 Å². The van der Waals surface area contributed by atoms with Gasteiger partial charge in [0.15, 0.2) is 0 Å². The van der Waals surface area contributed by atoms with E-state index in [2.05, 4.69) is 20.3 Å². The van der Waals surface area contributed by atoms with Gasteiger partial charge in [-0.1, -0.05) is 0 Å². The van der Waals surface area contributed by atoms with Crippen LogP contribution in [0.5, 0.6) is 0 Å². The van der Waals surface area contributed by atoms with Crippen LogP contribution in [0.1, 0.15) is 0 Å². The predicted octanol–water partition coefficient (Wildman–Crippen LogP) is 1.20. The molecule has 2 aromatic heterocycles. The molecule has 0 fully saturated rings. The molecule has 5 nitrogen and oxygen atoms in total. The Labute approximate surface area is 81.0 Å². The van der Waals surface area contributed by atoms with Crippen molar-refractivity contribution >= 4 is 17.3 Å². The molecule has 0 radical (unpaired) electrons. The number of rotatable bonds is 2. The number of nitrogens with one attached hydrogen (secondary N) is 1. The molecule has 14 heavy (non-hydrogen) atoms. The van der Waals surface area contributed by atoms with Crippen molar-refractivity contribution in [3.8, 4) is 0 Å². The molecule has 0 atom stereocenters. The molecular formula is C9H9N5. The molecule has 0 aliphatic carbocycles. The Bertz CT molecular complexity index is 397. The molecule has 5 heteroatoms. The number of anilines is 3. The highest BCUT2D eigenvalue weighted by Crippen LogP contribution is 2.10. The first kappa shape index (κ1) is 8.43. The topological polar surface area (TPSA) is 76.7 Å². The highest BCUT2D eigenvalue weighted by Gasteiger charge is 1.95. The number of hydrogen-bond acceptors (Lipinski definition) is 5. The van der Waals surface area contributed by atoms with E-state index in [-0.39, 0.29) is 0 Å². The molecule has 0 aliphatic heterocycles. The van der Waals surface area contributed by atoms with Gasteiger partial charge in [-0.25, -0.2) is 9.97 Å². The lowest BCUT2D eigenvalue weighted by Crippen LogP contribution is -1.96. The summed E-state index contributed by atoms with van der Waals surface area (Å²) in [6.07, 6.45) is 6.43. The van der Waals surface area contributed by atoms with Crippen LogP contribution in [0, 0.1) is 0 Å². The van der Waals surface area contributed by atoms with E-state index in [9.17, 15) is 0 Å². The average molecular weight is 187 g/mol. The minimum Gasteiger partial charge on any atom is -0.397 e. The van der Waals surface area contributed by atoms with E-state index in [1.807, 2.05) is 0 Å². The van der Waals surface area contributed by atoms with Crippen molar-refractivity contribution in [2.24, 2.45) is 0 Å². The summed E-state index contributed by atoms with van der Waals surface area (Å²) >= 11 is 0. The highest BCUT2D eigenvalue weighted by molar-refractivity contribution is 5.52. The first-order valence-corrected chi connectivity index (χ1v) is 4.09. The summed E-state index contributed by atoms with van der Waals surface area (Å²) < 4.78 is 0. The molecule has 0 amide bonds. The normalized spacial score (nSPS) is 9.71. The van der Waals surface area contributed by atoms with Crippen LogP contribution in [0.3, 0.4) is 0 Å². The molecule has 3 N–H and O–H groups in total. The van der Waals surface area contributed by atoms with Crippen molar-refractivity contribution in [2.45, 2.75) is 0 Å². The second-order valence-corrected chi connectivity index (χ2v) is 2.69. The summed E-state index contributed by atoms with van der Waals surface area (Å²) in [5, 5.41) is 2.99. The minimum absolute atomic E-state index is 0.634. The van der Waals surface area contributed by atoms with E-state index in [0.29, 0.717) is 17.3 Å². The molecule has 0 aromatic carbocycles. The van der Waals surface area contributed by atoms with Gasteiger partial charge < -0.3 is 11.1 Å². The Morgan fingerprint density at radius 2 is 1.93 bits per heavy atom. The Morgan fingerprint density at radius 3 is 2.57 bits per heavy atom. The van der Waals surface area contributed by atoms with E-state index in [1.165, 1.54) is 0 Å². The van der Waals surface area contributed by atoms with Gasteiger partial charge in [-0.2, -0.15) is 0 Å². The highest BCUT2D eigenvalue weighted by atomic mass is 15.1. The van der Waals surface area contributed by atoms with Gasteiger partial charge in [-0.15, -0.1) is 0 Å². The lowest BCUT2D eigenvalue weighted by atomic mass is 10.4. The van der Waals surface area contributed by atoms with Crippen molar-refractivity contribution in [1.29, 1.82) is 0 Å². The van der Waals surface area contributed by atoms with Gasteiger partial charge in [-0.3, -0.25) is 4.98 Å². The molecule has 2 heterocycles. The van der Waals surface area contributed by atoms with Crippen LogP contribution >= 0.6 is 0 Å². The first-order chi connectivity index (χ1) is 6.84. The lowest BCUT2D eigenvalue weighted by Gasteiger charge is -2.02. The van der Waals surface area contributed by atoms with E-state index >= 15 is 0 Å². The van der Waals surface area contributed by atoms with Crippen molar-refractivity contribution in [1.82, 2.24) is 15.0 Å². The van der Waals surface area contributed by atoms with Gasteiger partial charge >= 0.3 is 0 Å². The predicted molar refractivity (Wildman–Crippen MR) is 54.0 cm³/mol. The molecule has 2 rings (SSSR count). The van der Waals surface area contributed by atoms with Crippen LogP contribution in [0.15, 0.2) is 36.9 Å². The standard InChI is InChI=1S/C9H9N5/c10-7-1-2-8(13-5-7)14-9-6-11-3-4-12-9/h1-6H,10H2,(H,12,13,14). The van der Waals surface area contributed by atoms with Crippen LogP contribution < -0.4 is 11.1 Å². The monoisotopic (exact) mass is 187 g/mol. The van der Waals surface area contributed by atoms with E-state index in [0.717, 1.165) is 0 Å². The quantitative estimate of drug-likeness (QED) is 0.738. The minimum atomic E-state index is 0.634. The maximum atomic E-state index is 5.50. The van der Waals surface area contributed by atoms with Gasteiger partial charge in [0.25, 0.3) is 0 Å². The molecule has 70 valence electrons. The number of nitrogens with two attached hydrogens (primary N) is 1. The molecule has 0 bridgehead atoms. The lowest BCUT2D eigenvalue weighted by molar-refractivity contribution is 1.18. The molecule has 2 aromatic rings. The van der Waals surface area contributed by atoms with Gasteiger partial charge in [0.2, 0.25) is 0 Å². The fourth-order valence-corrected chi connectivity index (χ4v) is 0.974. The molecule has 0 spiro atoms. The molecular weight excluding hydrogens is 178 g/mol. The summed E-state index contributed by atoms with van der Waals surface area (Å²) in [6.45, 7) is 0. The first-order valence-electron chi connectivity index (χ1n) is 4.09. The number of aromatic nitrogens is 3. The number of nitrogen functional groups attached to an aromatic ring is 1. The SMILES string of the molecule is Nc1ccc(Nc2cnccn2)nc1. The average Bonchev–Trinajstić information content (AvgIpc) is 2.23. The third-order valence-corrected chi connectivity index (χ3v) is 1.61. The largest absolute Gasteiger partial charge is 0.397 e. The third kappa shape index (κ3) is 1.95. The summed E-state index contributed by atoms with van der Waals surface area (Å²) in [7, 11) is 0. The van der Waals surface area contributed by atoms with Gasteiger partial charge in [0.1, 0.15) is 11.6 Å². The zero-order chi connectivity index (χ0) is 9.80. The van der Waals surface area contributed by atoms with Crippen molar-refractivity contribution in [2.75, 3.05) is 11.1 Å². The van der Waals surface area contributed by atoms with Gasteiger partial charge in [-0.05, 0) is 12.1 Å². The van der Waals surface area contributed by atoms with E-state index in [1.54, 1.807) is 36.9 Å². The second kappa shape index (κ2) is 3.69. The maximum absolute atomic E-state index is 5.50. The summed E-state index contributed by atoms with van der Waals surface area (Å²) in [5.74, 6) is 1.35. The number of nitrogens with zero attached hydrogens (tertiary/aromatic N) is 3. The summed E-state index contributed by atoms with van der Waals surface area (Å²) in [4.78, 5) is 12.0. The Kier molecular flexibility index (Phi) is 2.22. The van der Waals surface area contributed by atoms with Crippen LogP contribution in [-0.2, 0) is 0 Å². The fourth-order valence-electron chi connectivity index (χ4n) is 0.974. The Hall–Kier alpha value is -2.17. The number of hydrogen-bond donors (Lipinski definition) is 2. The smallest absolute Gasteiger partial charge is 0.150 e. The van der Waals surface area contributed by atoms with E-state index in [4.69, 9.17) is 5.73 Å². The zero-order valence-electron chi connectivity index (χ0n) is 7.38. The van der Waals surface area contributed by atoms with Crippen molar-refractivity contribution in [3.63, 3.8) is 0 Å². The van der Waals surface area contributed by atoms with Crippen molar-refractivity contribution in [3.05, 3.63) is 36.9 Å². The van der Waals surface area contributed by atoms with Crippen LogP contribution in [0.25, 0.3) is 0 Å². The molecule has 0 saturated heterocycles. The third-order valence-electron chi connectivity index (χ3n) is 1.61. The van der Waals surface area contributed by atoms with Crippen LogP contribution in [0.4, 0.5) is 17.3 Å². The molecule has 0 unspecified atom stereocenters. The maximum Gasteiger partial charge on any atom is 0.150 e. The van der Waals surface area contributed by atoms with Crippen molar-refractivity contribution < 1.29 is 0 Å². The summed E-state index contributed by atoms with van der Waals surface area (Å²) in [5.41, 5.74) is 6.14. The van der Waals surface area contributed by atoms with Crippen LogP contribution in [0.2, 0.25) is 0 Å². The Balaban J connectivity index is 2.16. The Morgan fingerprint density at radius 1 is 1.00 bits per heavy atom. The second-order valence-electron chi connectivity index (χ2n) is 2.69. The van der Waals surface area contributed by atoms with Gasteiger partial charge in [0, 0.05) is 12.4 Å². The number of pyridine rings is 1. The zero-order valence-corrected chi connectivity index (χ0v) is 7.38. The molecule has 0 saturated carbocycles. The summed E-state index contributed by atoms with van der Waals surface area (Å²) in [6, 6.07) is 3.55. The van der Waals surface area contributed by atoms with E-state index < -0.39 is 0 Å².